The number of hydrogen-bond donors (Lipinski definition) is 1. The van der Waals surface area contributed by atoms with Gasteiger partial charge in [-0.3, -0.25) is 9.29 Å². The molecular weight excluding hydrogens is 458 g/mol. The Balaban J connectivity index is 1.56. The fourth-order valence-corrected chi connectivity index (χ4v) is 6.03. The predicted molar refractivity (Wildman–Crippen MR) is 144 cm³/mol. The molecule has 188 valence electrons. The van der Waals surface area contributed by atoms with E-state index in [2.05, 4.69) is 28.5 Å². The number of piperidine rings is 1. The fraction of sp³-hybridized carbons (Fsp3) is 0.464. The summed E-state index contributed by atoms with van der Waals surface area (Å²) in [6.45, 7) is 8.04. The van der Waals surface area contributed by atoms with Crippen molar-refractivity contribution in [2.75, 3.05) is 31.0 Å². The Hall–Kier alpha value is -2.64. The van der Waals surface area contributed by atoms with Crippen LogP contribution in [0.4, 0.5) is 5.69 Å². The van der Waals surface area contributed by atoms with E-state index >= 15 is 0 Å². The lowest BCUT2D eigenvalue weighted by Crippen LogP contribution is -2.33. The van der Waals surface area contributed by atoms with Gasteiger partial charge in [0.1, 0.15) is 5.75 Å². The lowest BCUT2D eigenvalue weighted by Gasteiger charge is -2.32. The maximum absolute atomic E-state index is 12.8. The van der Waals surface area contributed by atoms with Crippen LogP contribution in [-0.2, 0) is 10.0 Å². The molecule has 1 saturated heterocycles. The van der Waals surface area contributed by atoms with E-state index in [0.29, 0.717) is 24.1 Å². The molecule has 3 aromatic rings. The molecule has 4 rings (SSSR count). The van der Waals surface area contributed by atoms with Crippen molar-refractivity contribution in [2.24, 2.45) is 5.92 Å². The third-order valence-electron chi connectivity index (χ3n) is 7.11. The molecular formula is C28H37N3O3S. The van der Waals surface area contributed by atoms with Crippen LogP contribution in [0.2, 0.25) is 0 Å². The number of rotatable bonds is 9. The van der Waals surface area contributed by atoms with Gasteiger partial charge in [-0.05, 0) is 107 Å². The first-order chi connectivity index (χ1) is 16.8. The topological polar surface area (TPSA) is 71.5 Å². The molecule has 1 aliphatic heterocycles. The van der Waals surface area contributed by atoms with Crippen molar-refractivity contribution in [2.45, 2.75) is 51.2 Å². The summed E-state index contributed by atoms with van der Waals surface area (Å²) in [7, 11) is -1.74. The predicted octanol–water partition coefficient (Wildman–Crippen LogP) is 5.27. The van der Waals surface area contributed by atoms with Crippen molar-refractivity contribution >= 4 is 26.6 Å². The molecule has 6 nitrogen and oxygen atoms in total. The highest BCUT2D eigenvalue weighted by Crippen LogP contribution is 2.36. The largest absolute Gasteiger partial charge is 0.493 e. The number of nitrogens with one attached hydrogen (secondary N) is 1. The first-order valence-electron chi connectivity index (χ1n) is 12.5. The molecule has 1 N–H and O–H groups in total. The highest BCUT2D eigenvalue weighted by Gasteiger charge is 2.27. The number of pyridine rings is 1. The van der Waals surface area contributed by atoms with E-state index in [-0.39, 0.29) is 0 Å². The number of sulfonamides is 1. The van der Waals surface area contributed by atoms with Gasteiger partial charge >= 0.3 is 0 Å². The van der Waals surface area contributed by atoms with Crippen LogP contribution < -0.4 is 14.4 Å². The molecule has 0 amide bonds. The van der Waals surface area contributed by atoms with Crippen LogP contribution in [0.1, 0.15) is 50.3 Å². The smallest absolute Gasteiger partial charge is 0.237 e. The molecule has 35 heavy (non-hydrogen) atoms. The van der Waals surface area contributed by atoms with Gasteiger partial charge in [-0.1, -0.05) is 18.2 Å². The SMILES string of the molecule is Cc1ccc2c(OCCC(c3cccc(N(C)S(=O)(=O)C(C)C)c3)C3CCNCC3)cccc2n1. The lowest BCUT2D eigenvalue weighted by molar-refractivity contribution is 0.249. The fourth-order valence-electron chi connectivity index (χ4n) is 4.99. The van der Waals surface area contributed by atoms with E-state index < -0.39 is 15.3 Å². The number of fused-ring (bicyclic) bond motifs is 1. The van der Waals surface area contributed by atoms with E-state index in [1.165, 1.54) is 9.87 Å². The minimum absolute atomic E-state index is 0.294. The van der Waals surface area contributed by atoms with Crippen LogP contribution in [0.15, 0.2) is 54.6 Å². The summed E-state index contributed by atoms with van der Waals surface area (Å²) < 4.78 is 33.2. The summed E-state index contributed by atoms with van der Waals surface area (Å²) in [6, 6.07) is 18.1. The standard InChI is InChI=1S/C28H37N3O3S/c1-20(2)35(32,33)31(4)24-8-5-7-23(19-24)25(22-13-16-29-17-14-22)15-18-34-28-10-6-9-27-26(28)12-11-21(3)30-27/h5-12,19-20,22,25,29H,13-18H2,1-4H3. The molecule has 0 saturated carbocycles. The molecule has 1 atom stereocenters. The molecule has 0 spiro atoms. The molecule has 1 fully saturated rings. The van der Waals surface area contributed by atoms with Crippen molar-refractivity contribution in [1.82, 2.24) is 10.3 Å². The summed E-state index contributed by atoms with van der Waals surface area (Å²) in [6.07, 6.45) is 3.07. The average Bonchev–Trinajstić information content (AvgIpc) is 2.86. The first kappa shape index (κ1) is 25.5. The summed E-state index contributed by atoms with van der Waals surface area (Å²) in [5.41, 5.74) is 3.83. The normalized spacial score (nSPS) is 15.9. The third kappa shape index (κ3) is 5.78. The Kier molecular flexibility index (Phi) is 7.97. The highest BCUT2D eigenvalue weighted by molar-refractivity contribution is 7.93. The summed E-state index contributed by atoms with van der Waals surface area (Å²) in [5.74, 6) is 1.68. The van der Waals surface area contributed by atoms with E-state index in [1.807, 2.05) is 43.3 Å². The molecule has 1 aromatic heterocycles. The van der Waals surface area contributed by atoms with E-state index in [4.69, 9.17) is 4.74 Å². The summed E-state index contributed by atoms with van der Waals surface area (Å²) in [5, 5.41) is 4.02. The van der Waals surface area contributed by atoms with Crippen molar-refractivity contribution in [3.8, 4) is 5.75 Å². The molecule has 0 bridgehead atoms. The van der Waals surface area contributed by atoms with Crippen LogP contribution >= 0.6 is 0 Å². The van der Waals surface area contributed by atoms with Crippen LogP contribution in [0.25, 0.3) is 10.9 Å². The molecule has 2 aromatic carbocycles. The quantitative estimate of drug-likeness (QED) is 0.438. The Bertz CT molecular complexity index is 1250. The molecule has 0 aliphatic carbocycles. The monoisotopic (exact) mass is 495 g/mol. The Morgan fingerprint density at radius 2 is 1.83 bits per heavy atom. The molecule has 1 unspecified atom stereocenters. The van der Waals surface area contributed by atoms with E-state index in [1.54, 1.807) is 20.9 Å². The second-order valence-electron chi connectivity index (χ2n) is 9.76. The third-order valence-corrected chi connectivity index (χ3v) is 9.28. The average molecular weight is 496 g/mol. The minimum Gasteiger partial charge on any atom is -0.493 e. The molecule has 0 radical (unpaired) electrons. The number of benzene rings is 2. The van der Waals surface area contributed by atoms with Crippen molar-refractivity contribution in [1.29, 1.82) is 0 Å². The zero-order valence-electron chi connectivity index (χ0n) is 21.2. The maximum atomic E-state index is 12.8. The van der Waals surface area contributed by atoms with Gasteiger partial charge in [0.25, 0.3) is 0 Å². The number of aryl methyl sites for hydroxylation is 1. The van der Waals surface area contributed by atoms with Gasteiger partial charge in [-0.2, -0.15) is 0 Å². The number of ether oxygens (including phenoxy) is 1. The zero-order chi connectivity index (χ0) is 25.0. The van der Waals surface area contributed by atoms with Gasteiger partial charge in [0.05, 0.1) is 23.1 Å². The van der Waals surface area contributed by atoms with Gasteiger partial charge in [0.15, 0.2) is 0 Å². The Morgan fingerprint density at radius 3 is 2.57 bits per heavy atom. The number of anilines is 1. The minimum atomic E-state index is -3.38. The first-order valence-corrected chi connectivity index (χ1v) is 14.1. The van der Waals surface area contributed by atoms with Gasteiger partial charge in [-0.15, -0.1) is 0 Å². The van der Waals surface area contributed by atoms with Gasteiger partial charge < -0.3 is 10.1 Å². The second-order valence-corrected chi connectivity index (χ2v) is 12.3. The van der Waals surface area contributed by atoms with Crippen molar-refractivity contribution in [3.05, 3.63) is 65.9 Å². The zero-order valence-corrected chi connectivity index (χ0v) is 22.0. The molecule has 2 heterocycles. The van der Waals surface area contributed by atoms with Gasteiger partial charge in [-0.25, -0.2) is 8.42 Å². The van der Waals surface area contributed by atoms with Crippen molar-refractivity contribution < 1.29 is 13.2 Å². The molecule has 7 heteroatoms. The highest BCUT2D eigenvalue weighted by atomic mass is 32.2. The van der Waals surface area contributed by atoms with Crippen LogP contribution in [0.5, 0.6) is 5.75 Å². The van der Waals surface area contributed by atoms with Gasteiger partial charge in [0, 0.05) is 18.1 Å². The maximum Gasteiger partial charge on any atom is 0.237 e. The van der Waals surface area contributed by atoms with E-state index in [0.717, 1.165) is 54.7 Å². The van der Waals surface area contributed by atoms with E-state index in [9.17, 15) is 8.42 Å². The summed E-state index contributed by atoms with van der Waals surface area (Å²) >= 11 is 0. The van der Waals surface area contributed by atoms with Crippen LogP contribution in [-0.4, -0.2) is 45.4 Å². The second kappa shape index (κ2) is 11.0. The number of aromatic nitrogens is 1. The Morgan fingerprint density at radius 1 is 1.09 bits per heavy atom. The summed E-state index contributed by atoms with van der Waals surface area (Å²) in [4.78, 5) is 4.62. The number of nitrogens with zero attached hydrogens (tertiary/aromatic N) is 2. The lowest BCUT2D eigenvalue weighted by atomic mass is 9.78. The van der Waals surface area contributed by atoms with Gasteiger partial charge in [0.2, 0.25) is 10.0 Å². The Labute approximate surface area is 209 Å². The molecule has 1 aliphatic rings. The van der Waals surface area contributed by atoms with Crippen LogP contribution in [0.3, 0.4) is 0 Å². The number of hydrogen-bond acceptors (Lipinski definition) is 5. The van der Waals surface area contributed by atoms with Crippen LogP contribution in [0, 0.1) is 12.8 Å². The van der Waals surface area contributed by atoms with Crippen molar-refractivity contribution in [3.63, 3.8) is 0 Å².